The molecule has 0 radical (unpaired) electrons. The summed E-state index contributed by atoms with van der Waals surface area (Å²) in [6.07, 6.45) is 4.61. The van der Waals surface area contributed by atoms with Crippen molar-refractivity contribution in [3.63, 3.8) is 0 Å². The maximum absolute atomic E-state index is 14.9. The highest BCUT2D eigenvalue weighted by molar-refractivity contribution is 6.30. The second-order valence-corrected chi connectivity index (χ2v) is 16.5. The molecule has 0 spiro atoms. The molecule has 0 aromatic heterocycles. The van der Waals surface area contributed by atoms with E-state index >= 15 is 0 Å². The van der Waals surface area contributed by atoms with Crippen molar-refractivity contribution in [2.75, 3.05) is 45.9 Å². The summed E-state index contributed by atoms with van der Waals surface area (Å²) in [5.74, 6) is 0.478. The maximum atomic E-state index is 14.9. The average molecular weight is 643 g/mol. The summed E-state index contributed by atoms with van der Waals surface area (Å²) >= 11 is 6.26. The molecule has 3 aliphatic heterocycles. The van der Waals surface area contributed by atoms with E-state index in [1.54, 1.807) is 0 Å². The Balaban J connectivity index is 1.49. The molecule has 4 aliphatic rings. The van der Waals surface area contributed by atoms with Crippen molar-refractivity contribution >= 4 is 29.3 Å². The van der Waals surface area contributed by atoms with Gasteiger partial charge in [-0.15, -0.1) is 0 Å². The molecule has 8 nitrogen and oxygen atoms in total. The molecule has 0 N–H and O–H groups in total. The Morgan fingerprint density at radius 1 is 0.844 bits per heavy atom. The normalized spacial score (nSPS) is 30.0. The van der Waals surface area contributed by atoms with Crippen molar-refractivity contribution < 1.29 is 19.1 Å². The van der Waals surface area contributed by atoms with Crippen molar-refractivity contribution in [1.29, 1.82) is 0 Å². The van der Waals surface area contributed by atoms with Crippen molar-refractivity contribution in [1.82, 2.24) is 19.6 Å². The second kappa shape index (κ2) is 13.5. The van der Waals surface area contributed by atoms with Crippen LogP contribution in [0.3, 0.4) is 0 Å². The minimum Gasteiger partial charge on any atom is -0.378 e. The van der Waals surface area contributed by atoms with Crippen LogP contribution in [0, 0.1) is 17.3 Å². The summed E-state index contributed by atoms with van der Waals surface area (Å²) < 4.78 is 5.56. The summed E-state index contributed by atoms with van der Waals surface area (Å²) in [7, 11) is 0. The Hall–Kier alpha value is -2.16. The fourth-order valence-corrected chi connectivity index (χ4v) is 8.01. The third kappa shape index (κ3) is 7.54. The Bertz CT molecular complexity index is 1210. The van der Waals surface area contributed by atoms with E-state index in [1.165, 1.54) is 0 Å². The number of morpholine rings is 1. The van der Waals surface area contributed by atoms with Crippen LogP contribution >= 0.6 is 11.6 Å². The van der Waals surface area contributed by atoms with Crippen molar-refractivity contribution in [2.24, 2.45) is 17.3 Å². The number of likely N-dealkylation sites (tertiary alicyclic amines) is 2. The number of carbonyl (C=O) groups is 3. The van der Waals surface area contributed by atoms with E-state index in [-0.39, 0.29) is 47.2 Å². The van der Waals surface area contributed by atoms with Gasteiger partial charge in [-0.3, -0.25) is 19.3 Å². The maximum Gasteiger partial charge on any atom is 0.245 e. The molecule has 3 saturated heterocycles. The Morgan fingerprint density at radius 2 is 1.47 bits per heavy atom. The van der Waals surface area contributed by atoms with Crippen LogP contribution in [0.25, 0.3) is 0 Å². The summed E-state index contributed by atoms with van der Waals surface area (Å²) in [4.78, 5) is 51.5. The van der Waals surface area contributed by atoms with Crippen molar-refractivity contribution in [2.45, 2.75) is 110 Å². The Kier molecular flexibility index (Phi) is 10.3. The minimum absolute atomic E-state index is 0.0108. The topological polar surface area (TPSA) is 73.4 Å². The Morgan fingerprint density at radius 3 is 2.04 bits per heavy atom. The zero-order valence-electron chi connectivity index (χ0n) is 28.6. The predicted octanol–water partition coefficient (Wildman–Crippen LogP) is 5.44. The Labute approximate surface area is 275 Å². The van der Waals surface area contributed by atoms with Crippen LogP contribution < -0.4 is 0 Å². The van der Waals surface area contributed by atoms with Crippen LogP contribution in [0.15, 0.2) is 24.3 Å². The molecular weight excluding hydrogens is 588 g/mol. The van der Waals surface area contributed by atoms with Gasteiger partial charge in [0, 0.05) is 60.7 Å². The van der Waals surface area contributed by atoms with Gasteiger partial charge in [-0.05, 0) is 76.5 Å². The molecule has 0 bridgehead atoms. The summed E-state index contributed by atoms with van der Waals surface area (Å²) in [5.41, 5.74) is 0.435. The first-order chi connectivity index (χ1) is 21.1. The standard InChI is InChI=1S/C36H55ClN4O4/c1-24-8-14-27(15-9-24)41(34(44)35(2,3)4)28-20-31(33(43)38-16-18-45-19-17-38)40(21-28)32(42)30-23-39(36(5,6)7)22-29(30)25-10-12-26(37)13-11-25/h10-13,24,27-31H,8-9,14-23H2,1-7H3/t24?,27?,28-,29-,30+,31-/m0/s1. The molecule has 1 saturated carbocycles. The number of benzene rings is 1. The highest BCUT2D eigenvalue weighted by atomic mass is 35.5. The molecule has 3 heterocycles. The molecular formula is C36H55ClN4O4. The first-order valence-corrected chi connectivity index (χ1v) is 17.5. The molecule has 45 heavy (non-hydrogen) atoms. The van der Waals surface area contributed by atoms with Gasteiger partial charge in [0.15, 0.2) is 0 Å². The van der Waals surface area contributed by atoms with Gasteiger partial charge >= 0.3 is 0 Å². The van der Waals surface area contributed by atoms with Crippen LogP contribution in [0.2, 0.25) is 5.02 Å². The predicted molar refractivity (Wildman–Crippen MR) is 178 cm³/mol. The first kappa shape index (κ1) is 34.2. The number of halogens is 1. The lowest BCUT2D eigenvalue weighted by Crippen LogP contribution is -2.53. The number of nitrogens with zero attached hydrogens (tertiary/aromatic N) is 4. The molecule has 5 rings (SSSR count). The van der Waals surface area contributed by atoms with Gasteiger partial charge in [-0.25, -0.2) is 0 Å². The average Bonchev–Trinajstić information content (AvgIpc) is 3.64. The number of hydrogen-bond acceptors (Lipinski definition) is 5. The van der Waals surface area contributed by atoms with Crippen molar-refractivity contribution in [3.8, 4) is 0 Å². The molecule has 9 heteroatoms. The van der Waals surface area contributed by atoms with E-state index in [2.05, 4.69) is 37.5 Å². The molecule has 3 amide bonds. The quantitative estimate of drug-likeness (QED) is 0.428. The lowest BCUT2D eigenvalue weighted by molar-refractivity contribution is -0.148. The van der Waals surface area contributed by atoms with Gasteiger partial charge in [-0.1, -0.05) is 51.4 Å². The van der Waals surface area contributed by atoms with E-state index in [4.69, 9.17) is 16.3 Å². The highest BCUT2D eigenvalue weighted by Crippen LogP contribution is 2.41. The van der Waals surface area contributed by atoms with E-state index in [1.807, 2.05) is 54.8 Å². The summed E-state index contributed by atoms with van der Waals surface area (Å²) in [6, 6.07) is 7.23. The van der Waals surface area contributed by atoms with Crippen LogP contribution in [-0.2, 0) is 19.1 Å². The third-order valence-electron chi connectivity index (χ3n) is 10.7. The number of amides is 3. The fraction of sp³-hybridized carbons (Fsp3) is 0.750. The van der Waals surface area contributed by atoms with Gasteiger partial charge in [0.1, 0.15) is 6.04 Å². The molecule has 1 aromatic rings. The number of rotatable bonds is 5. The highest BCUT2D eigenvalue weighted by Gasteiger charge is 2.51. The van der Waals surface area contributed by atoms with E-state index < -0.39 is 11.5 Å². The third-order valence-corrected chi connectivity index (χ3v) is 11.0. The number of ether oxygens (including phenoxy) is 1. The van der Waals surface area contributed by atoms with Crippen molar-refractivity contribution in [3.05, 3.63) is 34.9 Å². The second-order valence-electron chi connectivity index (χ2n) is 16.1. The largest absolute Gasteiger partial charge is 0.378 e. The number of hydrogen-bond donors (Lipinski definition) is 0. The zero-order valence-corrected chi connectivity index (χ0v) is 29.3. The van der Waals surface area contributed by atoms with Crippen LogP contribution in [0.4, 0.5) is 0 Å². The monoisotopic (exact) mass is 642 g/mol. The zero-order chi connectivity index (χ0) is 32.7. The molecule has 4 atom stereocenters. The smallest absolute Gasteiger partial charge is 0.245 e. The SMILES string of the molecule is CC1CCC(N(C(=O)C(C)(C)C)[C@H]2C[C@@H](C(=O)N3CCOCC3)N(C(=O)[C@@H]3CN(C(C)(C)C)C[C@H]3c3ccc(Cl)cc3)C2)CC1. The van der Waals surface area contributed by atoms with Crippen LogP contribution in [0.1, 0.15) is 92.1 Å². The molecule has 4 fully saturated rings. The fourth-order valence-electron chi connectivity index (χ4n) is 7.89. The van der Waals surface area contributed by atoms with Gasteiger partial charge < -0.3 is 19.4 Å². The van der Waals surface area contributed by atoms with E-state index in [0.29, 0.717) is 56.8 Å². The lowest BCUT2D eigenvalue weighted by atomic mass is 9.84. The summed E-state index contributed by atoms with van der Waals surface area (Å²) in [5, 5.41) is 0.673. The van der Waals surface area contributed by atoms with Crippen LogP contribution in [-0.4, -0.2) is 107 Å². The molecule has 1 aromatic carbocycles. The van der Waals surface area contributed by atoms with Gasteiger partial charge in [0.2, 0.25) is 17.7 Å². The van der Waals surface area contributed by atoms with E-state index in [9.17, 15) is 14.4 Å². The molecule has 0 unspecified atom stereocenters. The van der Waals surface area contributed by atoms with Gasteiger partial charge in [-0.2, -0.15) is 0 Å². The summed E-state index contributed by atoms with van der Waals surface area (Å²) in [6.45, 7) is 18.7. The minimum atomic E-state index is -0.590. The van der Waals surface area contributed by atoms with Crippen LogP contribution in [0.5, 0.6) is 0 Å². The van der Waals surface area contributed by atoms with Gasteiger partial charge in [0.25, 0.3) is 0 Å². The van der Waals surface area contributed by atoms with Gasteiger partial charge in [0.05, 0.1) is 25.2 Å². The molecule has 1 aliphatic carbocycles. The first-order valence-electron chi connectivity index (χ1n) is 17.2. The lowest BCUT2D eigenvalue weighted by Gasteiger charge is -2.42. The van der Waals surface area contributed by atoms with E-state index in [0.717, 1.165) is 37.8 Å². The molecule has 250 valence electrons. The number of carbonyl (C=O) groups excluding carboxylic acids is 3.